The minimum Gasteiger partial charge on any atom is -0.386 e. The summed E-state index contributed by atoms with van der Waals surface area (Å²) >= 11 is 0. The van der Waals surface area contributed by atoms with Crippen molar-refractivity contribution in [2.75, 3.05) is 6.67 Å². The number of hydrogen-bond acceptors (Lipinski definition) is 2. The summed E-state index contributed by atoms with van der Waals surface area (Å²) in [5.41, 5.74) is 1.00. The van der Waals surface area contributed by atoms with E-state index < -0.39 is 12.8 Å². The molecule has 1 N–H and O–H groups in total. The molecule has 1 atom stereocenters. The zero-order chi connectivity index (χ0) is 8.97. The molecular formula is C9H8FNO. The normalized spacial score (nSPS) is 12.1. The van der Waals surface area contributed by atoms with Crippen LogP contribution in [0.25, 0.3) is 0 Å². The van der Waals surface area contributed by atoms with Crippen molar-refractivity contribution in [3.05, 3.63) is 35.4 Å². The van der Waals surface area contributed by atoms with E-state index in [-0.39, 0.29) is 0 Å². The molecule has 0 fully saturated rings. The number of hydrogen-bond donors (Lipinski definition) is 1. The van der Waals surface area contributed by atoms with Crippen LogP contribution in [0.4, 0.5) is 4.39 Å². The van der Waals surface area contributed by atoms with Crippen LogP contribution in [0.1, 0.15) is 17.2 Å². The monoisotopic (exact) mass is 165 g/mol. The Bertz CT molecular complexity index is 288. The number of nitrogens with zero attached hydrogens (tertiary/aromatic N) is 1. The molecule has 0 saturated carbocycles. The highest BCUT2D eigenvalue weighted by Crippen LogP contribution is 2.13. The zero-order valence-corrected chi connectivity index (χ0v) is 6.37. The second kappa shape index (κ2) is 3.84. The van der Waals surface area contributed by atoms with Gasteiger partial charge >= 0.3 is 0 Å². The zero-order valence-electron chi connectivity index (χ0n) is 6.37. The van der Waals surface area contributed by atoms with Crippen LogP contribution in [0.2, 0.25) is 0 Å². The summed E-state index contributed by atoms with van der Waals surface area (Å²) < 4.78 is 11.9. The molecule has 1 aromatic carbocycles. The average Bonchev–Trinajstić information content (AvgIpc) is 2.17. The fourth-order valence-corrected chi connectivity index (χ4v) is 0.869. The van der Waals surface area contributed by atoms with Gasteiger partial charge in [-0.2, -0.15) is 5.26 Å². The van der Waals surface area contributed by atoms with Crippen molar-refractivity contribution in [3.63, 3.8) is 0 Å². The molecule has 0 bridgehead atoms. The van der Waals surface area contributed by atoms with Crippen LogP contribution < -0.4 is 0 Å². The highest BCUT2D eigenvalue weighted by atomic mass is 19.1. The molecule has 1 aromatic rings. The fraction of sp³-hybridized carbons (Fsp3) is 0.222. The quantitative estimate of drug-likeness (QED) is 0.722. The van der Waals surface area contributed by atoms with Crippen LogP contribution in [0.15, 0.2) is 24.3 Å². The van der Waals surface area contributed by atoms with Crippen molar-refractivity contribution in [3.8, 4) is 6.07 Å². The Morgan fingerprint density at radius 1 is 1.42 bits per heavy atom. The highest BCUT2D eigenvalue weighted by molar-refractivity contribution is 5.32. The number of benzene rings is 1. The van der Waals surface area contributed by atoms with Crippen LogP contribution in [-0.2, 0) is 0 Å². The van der Waals surface area contributed by atoms with E-state index in [4.69, 9.17) is 10.4 Å². The molecule has 2 nitrogen and oxygen atoms in total. The Balaban J connectivity index is 2.86. The van der Waals surface area contributed by atoms with Crippen LogP contribution in [-0.4, -0.2) is 11.8 Å². The van der Waals surface area contributed by atoms with Crippen LogP contribution in [0.3, 0.4) is 0 Å². The van der Waals surface area contributed by atoms with E-state index in [1.54, 1.807) is 24.3 Å². The Labute approximate surface area is 69.9 Å². The van der Waals surface area contributed by atoms with Crippen LogP contribution >= 0.6 is 0 Å². The van der Waals surface area contributed by atoms with Gasteiger partial charge in [0.15, 0.2) is 0 Å². The third kappa shape index (κ3) is 1.80. The third-order valence-corrected chi connectivity index (χ3v) is 1.57. The van der Waals surface area contributed by atoms with E-state index in [0.29, 0.717) is 11.1 Å². The van der Waals surface area contributed by atoms with E-state index in [1.807, 2.05) is 6.07 Å². The molecule has 62 valence electrons. The van der Waals surface area contributed by atoms with Gasteiger partial charge in [0, 0.05) is 0 Å². The van der Waals surface area contributed by atoms with Crippen molar-refractivity contribution in [2.45, 2.75) is 6.10 Å². The van der Waals surface area contributed by atoms with Gasteiger partial charge in [0.1, 0.15) is 12.8 Å². The second-order valence-electron chi connectivity index (χ2n) is 2.40. The summed E-state index contributed by atoms with van der Waals surface area (Å²) in [6.07, 6.45) is -1.07. The summed E-state index contributed by atoms with van der Waals surface area (Å²) in [4.78, 5) is 0. The maximum absolute atomic E-state index is 11.9. The molecule has 0 aliphatic carbocycles. The molecule has 0 unspecified atom stereocenters. The second-order valence-corrected chi connectivity index (χ2v) is 2.40. The van der Waals surface area contributed by atoms with Gasteiger partial charge in [-0.1, -0.05) is 12.1 Å². The molecule has 0 aliphatic rings. The number of rotatable bonds is 2. The van der Waals surface area contributed by atoms with Gasteiger partial charge < -0.3 is 5.11 Å². The third-order valence-electron chi connectivity index (χ3n) is 1.57. The first-order chi connectivity index (χ1) is 5.77. The highest BCUT2D eigenvalue weighted by Gasteiger charge is 2.05. The maximum atomic E-state index is 11.9. The molecule has 3 heteroatoms. The number of nitriles is 1. The number of aliphatic hydroxyl groups is 1. The van der Waals surface area contributed by atoms with Gasteiger partial charge in [0.2, 0.25) is 0 Å². The lowest BCUT2D eigenvalue weighted by Gasteiger charge is -2.04. The van der Waals surface area contributed by atoms with E-state index >= 15 is 0 Å². The van der Waals surface area contributed by atoms with E-state index in [0.717, 1.165) is 0 Å². The van der Waals surface area contributed by atoms with Gasteiger partial charge in [-0.05, 0) is 17.7 Å². The molecule has 0 radical (unpaired) electrons. The van der Waals surface area contributed by atoms with Gasteiger partial charge in [0.25, 0.3) is 0 Å². The standard InChI is InChI=1S/C9H8FNO/c10-5-9(12)8-3-1-7(6-11)2-4-8/h1-4,9,12H,5H2/t9-/m1/s1. The lowest BCUT2D eigenvalue weighted by molar-refractivity contribution is 0.142. The Kier molecular flexibility index (Phi) is 2.78. The number of aliphatic hydroxyl groups excluding tert-OH is 1. The molecule has 0 spiro atoms. The molecule has 0 amide bonds. The minimum atomic E-state index is -1.07. The van der Waals surface area contributed by atoms with Crippen LogP contribution in [0, 0.1) is 11.3 Å². The lowest BCUT2D eigenvalue weighted by Crippen LogP contribution is -1.98. The first-order valence-corrected chi connectivity index (χ1v) is 3.52. The SMILES string of the molecule is N#Cc1ccc([C@H](O)CF)cc1. The molecule has 0 saturated heterocycles. The Morgan fingerprint density at radius 3 is 2.42 bits per heavy atom. The fourth-order valence-electron chi connectivity index (χ4n) is 0.869. The van der Waals surface area contributed by atoms with Gasteiger partial charge in [-0.25, -0.2) is 4.39 Å². The minimum absolute atomic E-state index is 0.497. The first kappa shape index (κ1) is 8.69. The first-order valence-electron chi connectivity index (χ1n) is 3.52. The lowest BCUT2D eigenvalue weighted by atomic mass is 10.1. The van der Waals surface area contributed by atoms with E-state index in [2.05, 4.69) is 0 Å². The average molecular weight is 165 g/mol. The van der Waals surface area contributed by atoms with Crippen molar-refractivity contribution in [1.29, 1.82) is 5.26 Å². The van der Waals surface area contributed by atoms with Gasteiger partial charge in [0.05, 0.1) is 11.6 Å². The van der Waals surface area contributed by atoms with Gasteiger partial charge in [-0.3, -0.25) is 0 Å². The molecule has 0 aliphatic heterocycles. The largest absolute Gasteiger partial charge is 0.386 e. The molecular weight excluding hydrogens is 157 g/mol. The summed E-state index contributed by atoms with van der Waals surface area (Å²) in [6.45, 7) is -0.800. The topological polar surface area (TPSA) is 44.0 Å². The van der Waals surface area contributed by atoms with Crippen molar-refractivity contribution in [1.82, 2.24) is 0 Å². The number of halogens is 1. The summed E-state index contributed by atoms with van der Waals surface area (Å²) in [6, 6.07) is 8.12. The molecule has 12 heavy (non-hydrogen) atoms. The predicted octanol–water partition coefficient (Wildman–Crippen LogP) is 1.56. The maximum Gasteiger partial charge on any atom is 0.119 e. The number of alkyl halides is 1. The molecule has 1 rings (SSSR count). The smallest absolute Gasteiger partial charge is 0.119 e. The summed E-state index contributed by atoms with van der Waals surface area (Å²) in [7, 11) is 0. The Hall–Kier alpha value is -1.40. The van der Waals surface area contributed by atoms with Crippen LogP contribution in [0.5, 0.6) is 0 Å². The molecule has 0 heterocycles. The molecule has 0 aromatic heterocycles. The van der Waals surface area contributed by atoms with E-state index in [1.165, 1.54) is 0 Å². The van der Waals surface area contributed by atoms with Crippen molar-refractivity contribution >= 4 is 0 Å². The van der Waals surface area contributed by atoms with Crippen molar-refractivity contribution in [2.24, 2.45) is 0 Å². The predicted molar refractivity (Wildman–Crippen MR) is 42.1 cm³/mol. The Morgan fingerprint density at radius 2 is 2.00 bits per heavy atom. The van der Waals surface area contributed by atoms with E-state index in [9.17, 15) is 4.39 Å². The summed E-state index contributed by atoms with van der Waals surface area (Å²) in [5.74, 6) is 0. The van der Waals surface area contributed by atoms with Crippen molar-refractivity contribution < 1.29 is 9.50 Å². The summed E-state index contributed by atoms with van der Waals surface area (Å²) in [5, 5.41) is 17.5. The van der Waals surface area contributed by atoms with Gasteiger partial charge in [-0.15, -0.1) is 0 Å².